The number of benzene rings is 3. The zero-order valence-corrected chi connectivity index (χ0v) is 13.8. The summed E-state index contributed by atoms with van der Waals surface area (Å²) in [5, 5.41) is 0. The Balaban J connectivity index is 2.11. The number of hydrogen-bond acceptors (Lipinski definition) is 2. The lowest BCUT2D eigenvalue weighted by atomic mass is 9.78. The van der Waals surface area contributed by atoms with Crippen molar-refractivity contribution in [3.8, 4) is 0 Å². The Bertz CT molecular complexity index is 779. The molecule has 4 rings (SSSR count). The fourth-order valence-electron chi connectivity index (χ4n) is 3.50. The van der Waals surface area contributed by atoms with Crippen LogP contribution in [0.4, 0.5) is 0 Å². The van der Waals surface area contributed by atoms with Crippen LogP contribution in [-0.4, -0.2) is 7.11 Å². The Morgan fingerprint density at radius 3 is 2.22 bits per heavy atom. The average molecular weight is 318 g/mol. The maximum absolute atomic E-state index is 6.28. The van der Waals surface area contributed by atoms with Gasteiger partial charge in [-0.25, -0.2) is 0 Å². The van der Waals surface area contributed by atoms with E-state index in [0.29, 0.717) is 0 Å². The second kappa shape index (κ2) is 5.88. The molecule has 0 amide bonds. The highest BCUT2D eigenvalue weighted by atomic mass is 32.2. The lowest BCUT2D eigenvalue weighted by Crippen LogP contribution is -2.32. The summed E-state index contributed by atoms with van der Waals surface area (Å²) in [6.07, 6.45) is 0. The van der Waals surface area contributed by atoms with E-state index in [9.17, 15) is 0 Å². The molecule has 1 aliphatic heterocycles. The summed E-state index contributed by atoms with van der Waals surface area (Å²) >= 11 is 1.88. The fourth-order valence-corrected chi connectivity index (χ4v) is 4.60. The summed E-state index contributed by atoms with van der Waals surface area (Å²) in [6.45, 7) is 0. The topological polar surface area (TPSA) is 9.23 Å². The molecule has 114 valence electrons. The van der Waals surface area contributed by atoms with E-state index in [1.807, 2.05) is 18.9 Å². The molecule has 3 aromatic rings. The highest BCUT2D eigenvalue weighted by Gasteiger charge is 2.41. The normalized spacial score (nSPS) is 19.5. The van der Waals surface area contributed by atoms with Gasteiger partial charge in [0.1, 0.15) is 5.60 Å². The quantitative estimate of drug-likeness (QED) is 0.640. The number of hydrogen-bond donors (Lipinski definition) is 0. The molecular formula is C21H18OS. The van der Waals surface area contributed by atoms with E-state index in [0.717, 1.165) is 5.75 Å². The molecule has 0 N–H and O–H groups in total. The molecule has 2 heteroatoms. The van der Waals surface area contributed by atoms with E-state index in [1.165, 1.54) is 27.1 Å². The van der Waals surface area contributed by atoms with Gasteiger partial charge in [-0.15, -0.1) is 11.8 Å². The minimum absolute atomic E-state index is 0.558. The van der Waals surface area contributed by atoms with Crippen LogP contribution in [0.15, 0.2) is 83.8 Å². The molecule has 1 atom stereocenters. The first-order chi connectivity index (χ1) is 11.4. The molecule has 0 radical (unpaired) electrons. The smallest absolute Gasteiger partial charge is 0.144 e. The maximum Gasteiger partial charge on any atom is 0.144 e. The summed E-state index contributed by atoms with van der Waals surface area (Å²) in [5.41, 5.74) is 4.41. The summed E-state index contributed by atoms with van der Waals surface area (Å²) in [7, 11) is 1.82. The molecule has 0 spiro atoms. The first-order valence-corrected chi connectivity index (χ1v) is 8.76. The van der Waals surface area contributed by atoms with Crippen molar-refractivity contribution in [3.05, 3.63) is 101 Å². The van der Waals surface area contributed by atoms with Gasteiger partial charge in [0.05, 0.1) is 0 Å². The first-order valence-electron chi connectivity index (χ1n) is 7.77. The molecule has 1 nitrogen and oxygen atoms in total. The van der Waals surface area contributed by atoms with E-state index in [2.05, 4.69) is 78.9 Å². The van der Waals surface area contributed by atoms with Crippen molar-refractivity contribution in [3.63, 3.8) is 0 Å². The number of methoxy groups -OCH3 is 1. The molecule has 0 aromatic heterocycles. The van der Waals surface area contributed by atoms with Crippen LogP contribution in [0.25, 0.3) is 0 Å². The predicted octanol–water partition coefficient (Wildman–Crippen LogP) is 5.23. The van der Waals surface area contributed by atoms with Crippen LogP contribution in [0.2, 0.25) is 0 Å². The van der Waals surface area contributed by atoms with Crippen molar-refractivity contribution < 1.29 is 4.74 Å². The lowest BCUT2D eigenvalue weighted by molar-refractivity contribution is 0.0560. The molecule has 0 aliphatic carbocycles. The van der Waals surface area contributed by atoms with Crippen LogP contribution in [0.3, 0.4) is 0 Å². The van der Waals surface area contributed by atoms with Crippen molar-refractivity contribution in [1.82, 2.24) is 0 Å². The van der Waals surface area contributed by atoms with Gasteiger partial charge in [0.25, 0.3) is 0 Å². The van der Waals surface area contributed by atoms with Crippen LogP contribution < -0.4 is 0 Å². The van der Waals surface area contributed by atoms with Gasteiger partial charge < -0.3 is 4.74 Å². The van der Waals surface area contributed by atoms with Crippen molar-refractivity contribution in [1.29, 1.82) is 0 Å². The number of fused-ring (bicyclic) bond motifs is 2. The Morgan fingerprint density at radius 1 is 0.783 bits per heavy atom. The fraction of sp³-hybridized carbons (Fsp3) is 0.143. The molecular weight excluding hydrogens is 300 g/mol. The average Bonchev–Trinajstić information content (AvgIpc) is 2.78. The van der Waals surface area contributed by atoms with Gasteiger partial charge in [0.2, 0.25) is 0 Å². The van der Waals surface area contributed by atoms with E-state index in [-0.39, 0.29) is 0 Å². The van der Waals surface area contributed by atoms with E-state index in [1.54, 1.807) is 0 Å². The van der Waals surface area contributed by atoms with Gasteiger partial charge in [0.15, 0.2) is 0 Å². The van der Waals surface area contributed by atoms with E-state index >= 15 is 0 Å². The Labute approximate surface area is 141 Å². The Morgan fingerprint density at radius 2 is 1.43 bits per heavy atom. The van der Waals surface area contributed by atoms with Gasteiger partial charge in [-0.1, -0.05) is 72.8 Å². The van der Waals surface area contributed by atoms with Gasteiger partial charge in [0, 0.05) is 23.3 Å². The van der Waals surface area contributed by atoms with Crippen LogP contribution >= 0.6 is 11.8 Å². The Kier molecular flexibility index (Phi) is 3.72. The second-order valence-corrected chi connectivity index (χ2v) is 6.71. The number of thioether (sulfide) groups is 1. The Hall–Kier alpha value is -2.03. The summed E-state index contributed by atoms with van der Waals surface area (Å²) < 4.78 is 6.28. The van der Waals surface area contributed by atoms with Crippen molar-refractivity contribution in [2.45, 2.75) is 16.2 Å². The number of rotatable bonds is 2. The van der Waals surface area contributed by atoms with Crippen molar-refractivity contribution in [2.75, 3.05) is 7.11 Å². The van der Waals surface area contributed by atoms with Gasteiger partial charge >= 0.3 is 0 Å². The first kappa shape index (κ1) is 14.6. The molecule has 0 fully saturated rings. The third kappa shape index (κ3) is 2.21. The van der Waals surface area contributed by atoms with Gasteiger partial charge in [-0.3, -0.25) is 0 Å². The molecule has 1 aliphatic rings. The highest BCUT2D eigenvalue weighted by molar-refractivity contribution is 7.98. The molecule has 23 heavy (non-hydrogen) atoms. The third-order valence-corrected chi connectivity index (χ3v) is 5.66. The standard InChI is InChI=1S/C21H18OS/c1-22-21(17-10-3-2-4-11-17)18-12-6-5-9-16(18)15-23-20-14-8-7-13-19(20)21/h2-14H,15H2,1H3. The molecule has 0 saturated carbocycles. The van der Waals surface area contributed by atoms with Gasteiger partial charge in [-0.05, 0) is 22.8 Å². The SMILES string of the molecule is COC1(c2ccccc2)c2ccccc2CSc2ccccc21. The molecule has 1 heterocycles. The molecule has 1 unspecified atom stereocenters. The zero-order valence-electron chi connectivity index (χ0n) is 13.0. The minimum atomic E-state index is -0.558. The zero-order chi connectivity index (χ0) is 15.7. The predicted molar refractivity (Wildman–Crippen MR) is 95.8 cm³/mol. The van der Waals surface area contributed by atoms with Crippen molar-refractivity contribution >= 4 is 11.8 Å². The van der Waals surface area contributed by atoms with Crippen LogP contribution in [0, 0.1) is 0 Å². The summed E-state index contributed by atoms with van der Waals surface area (Å²) in [6, 6.07) is 27.8. The van der Waals surface area contributed by atoms with Crippen LogP contribution in [0.1, 0.15) is 22.3 Å². The maximum atomic E-state index is 6.28. The molecule has 0 saturated heterocycles. The summed E-state index contributed by atoms with van der Waals surface area (Å²) in [4.78, 5) is 1.29. The number of ether oxygens (including phenoxy) is 1. The molecule has 0 bridgehead atoms. The van der Waals surface area contributed by atoms with Crippen LogP contribution in [0.5, 0.6) is 0 Å². The van der Waals surface area contributed by atoms with Crippen LogP contribution in [-0.2, 0) is 16.1 Å². The van der Waals surface area contributed by atoms with E-state index < -0.39 is 5.60 Å². The lowest BCUT2D eigenvalue weighted by Gasteiger charge is -2.35. The monoisotopic (exact) mass is 318 g/mol. The van der Waals surface area contributed by atoms with Crippen molar-refractivity contribution in [2.24, 2.45) is 0 Å². The minimum Gasteiger partial charge on any atom is -0.364 e. The highest BCUT2D eigenvalue weighted by Crippen LogP contribution is 2.48. The second-order valence-electron chi connectivity index (χ2n) is 5.69. The molecule has 3 aromatic carbocycles. The largest absolute Gasteiger partial charge is 0.364 e. The third-order valence-electron chi connectivity index (χ3n) is 4.53. The van der Waals surface area contributed by atoms with Gasteiger partial charge in [-0.2, -0.15) is 0 Å². The summed E-state index contributed by atoms with van der Waals surface area (Å²) in [5.74, 6) is 0.963. The van der Waals surface area contributed by atoms with E-state index in [4.69, 9.17) is 4.74 Å².